The van der Waals surface area contributed by atoms with Crippen LogP contribution in [0.1, 0.15) is 0 Å². The van der Waals surface area contributed by atoms with Crippen LogP contribution in [0.4, 0.5) is 5.69 Å². The third-order valence-corrected chi connectivity index (χ3v) is 4.75. The lowest BCUT2D eigenvalue weighted by atomic mass is 10.3. The summed E-state index contributed by atoms with van der Waals surface area (Å²) in [5.74, 6) is 1.78. The van der Waals surface area contributed by atoms with E-state index in [9.17, 15) is 10.1 Å². The third-order valence-electron chi connectivity index (χ3n) is 2.41. The SMILES string of the molecule is O=[N+]([O-])c1ccccc1SCCSc1ccccc1. The number of para-hydroxylation sites is 1. The van der Waals surface area contributed by atoms with E-state index in [1.165, 1.54) is 16.7 Å². The Balaban J connectivity index is 1.85. The summed E-state index contributed by atoms with van der Waals surface area (Å²) < 4.78 is 0. The van der Waals surface area contributed by atoms with Gasteiger partial charge in [-0.3, -0.25) is 10.1 Å². The topological polar surface area (TPSA) is 43.1 Å². The summed E-state index contributed by atoms with van der Waals surface area (Å²) in [6, 6.07) is 17.0. The lowest BCUT2D eigenvalue weighted by Gasteiger charge is -2.03. The molecule has 3 nitrogen and oxygen atoms in total. The smallest absolute Gasteiger partial charge is 0.258 e. The van der Waals surface area contributed by atoms with Crippen LogP contribution in [-0.2, 0) is 0 Å². The van der Waals surface area contributed by atoms with Gasteiger partial charge in [0.05, 0.1) is 9.82 Å². The second kappa shape index (κ2) is 7.21. The Labute approximate surface area is 120 Å². The van der Waals surface area contributed by atoms with E-state index in [4.69, 9.17) is 0 Å². The predicted molar refractivity (Wildman–Crippen MR) is 81.0 cm³/mol. The van der Waals surface area contributed by atoms with Crippen LogP contribution < -0.4 is 0 Å². The minimum atomic E-state index is -0.327. The van der Waals surface area contributed by atoms with Crippen LogP contribution in [0.2, 0.25) is 0 Å². The maximum absolute atomic E-state index is 10.9. The van der Waals surface area contributed by atoms with Gasteiger partial charge in [0.2, 0.25) is 0 Å². The maximum Gasteiger partial charge on any atom is 0.282 e. The molecular weight excluding hydrogens is 278 g/mol. The molecule has 0 fully saturated rings. The van der Waals surface area contributed by atoms with Crippen LogP contribution in [0.25, 0.3) is 0 Å². The van der Waals surface area contributed by atoms with E-state index < -0.39 is 0 Å². The highest BCUT2D eigenvalue weighted by molar-refractivity contribution is 8.03. The summed E-state index contributed by atoms with van der Waals surface area (Å²) in [4.78, 5) is 12.5. The highest BCUT2D eigenvalue weighted by atomic mass is 32.2. The molecule has 2 aromatic rings. The fourth-order valence-electron chi connectivity index (χ4n) is 1.56. The van der Waals surface area contributed by atoms with Crippen molar-refractivity contribution in [2.24, 2.45) is 0 Å². The minimum Gasteiger partial charge on any atom is -0.258 e. The van der Waals surface area contributed by atoms with Gasteiger partial charge >= 0.3 is 0 Å². The van der Waals surface area contributed by atoms with Crippen LogP contribution in [-0.4, -0.2) is 16.4 Å². The van der Waals surface area contributed by atoms with E-state index in [0.29, 0.717) is 0 Å². The highest BCUT2D eigenvalue weighted by Gasteiger charge is 2.12. The standard InChI is InChI=1S/C14H13NO2S2/c16-15(17)13-8-4-5-9-14(13)19-11-10-18-12-6-2-1-3-7-12/h1-9H,10-11H2. The molecule has 98 valence electrons. The van der Waals surface area contributed by atoms with E-state index in [2.05, 4.69) is 12.1 Å². The van der Waals surface area contributed by atoms with Crippen LogP contribution >= 0.6 is 23.5 Å². The molecule has 5 heteroatoms. The fraction of sp³-hybridized carbons (Fsp3) is 0.143. The zero-order valence-corrected chi connectivity index (χ0v) is 11.8. The highest BCUT2D eigenvalue weighted by Crippen LogP contribution is 2.29. The van der Waals surface area contributed by atoms with E-state index in [0.717, 1.165) is 16.4 Å². The van der Waals surface area contributed by atoms with Gasteiger partial charge in [-0.1, -0.05) is 30.3 Å². The first-order valence-corrected chi connectivity index (χ1v) is 7.78. The van der Waals surface area contributed by atoms with Crippen LogP contribution in [0.5, 0.6) is 0 Å². The Hall–Kier alpha value is -1.46. The van der Waals surface area contributed by atoms with Crippen molar-refractivity contribution in [3.8, 4) is 0 Å². The number of nitrogens with zero attached hydrogens (tertiary/aromatic N) is 1. The summed E-state index contributed by atoms with van der Waals surface area (Å²) in [6.45, 7) is 0. The Kier molecular flexibility index (Phi) is 5.30. The van der Waals surface area contributed by atoms with Crippen molar-refractivity contribution in [1.29, 1.82) is 0 Å². The molecule has 0 spiro atoms. The Bertz CT molecular complexity index is 546. The van der Waals surface area contributed by atoms with Crippen molar-refractivity contribution in [2.75, 3.05) is 11.5 Å². The van der Waals surface area contributed by atoms with Crippen LogP contribution in [0, 0.1) is 10.1 Å². The van der Waals surface area contributed by atoms with Crippen molar-refractivity contribution in [3.05, 3.63) is 64.7 Å². The molecule has 0 unspecified atom stereocenters. The Morgan fingerprint density at radius 3 is 2.26 bits per heavy atom. The molecule has 0 heterocycles. The lowest BCUT2D eigenvalue weighted by Crippen LogP contribution is -1.91. The average molecular weight is 291 g/mol. The van der Waals surface area contributed by atoms with Gasteiger partial charge in [0.25, 0.3) is 5.69 Å². The second-order valence-corrected chi connectivity index (χ2v) is 6.04. The van der Waals surface area contributed by atoms with Gasteiger partial charge in [-0.15, -0.1) is 23.5 Å². The summed E-state index contributed by atoms with van der Waals surface area (Å²) in [5, 5.41) is 10.9. The fourth-order valence-corrected chi connectivity index (χ4v) is 3.50. The number of hydrogen-bond donors (Lipinski definition) is 0. The molecule has 2 aromatic carbocycles. The quantitative estimate of drug-likeness (QED) is 0.340. The van der Waals surface area contributed by atoms with Crippen molar-refractivity contribution in [3.63, 3.8) is 0 Å². The van der Waals surface area contributed by atoms with Gasteiger partial charge in [0, 0.05) is 22.5 Å². The molecule has 0 aromatic heterocycles. The normalized spacial score (nSPS) is 10.3. The summed E-state index contributed by atoms with van der Waals surface area (Å²) in [7, 11) is 0. The van der Waals surface area contributed by atoms with Crippen LogP contribution in [0.3, 0.4) is 0 Å². The summed E-state index contributed by atoms with van der Waals surface area (Å²) in [6.07, 6.45) is 0. The molecule has 0 saturated carbocycles. The molecule has 0 aliphatic rings. The number of nitro groups is 1. The van der Waals surface area contributed by atoms with Gasteiger partial charge in [-0.25, -0.2) is 0 Å². The average Bonchev–Trinajstić information content (AvgIpc) is 2.45. The van der Waals surface area contributed by atoms with E-state index in [1.807, 2.05) is 24.3 Å². The number of thioether (sulfide) groups is 2. The number of benzene rings is 2. The molecular formula is C14H13NO2S2. The summed E-state index contributed by atoms with van der Waals surface area (Å²) in [5.41, 5.74) is 0.192. The van der Waals surface area contributed by atoms with E-state index >= 15 is 0 Å². The molecule has 2 rings (SSSR count). The van der Waals surface area contributed by atoms with Gasteiger partial charge in [-0.05, 0) is 18.2 Å². The van der Waals surface area contributed by atoms with Gasteiger partial charge in [-0.2, -0.15) is 0 Å². The molecule has 0 bridgehead atoms. The van der Waals surface area contributed by atoms with E-state index in [-0.39, 0.29) is 10.6 Å². The van der Waals surface area contributed by atoms with Gasteiger partial charge in [0.15, 0.2) is 0 Å². The second-order valence-electron chi connectivity index (χ2n) is 3.73. The van der Waals surface area contributed by atoms with Gasteiger partial charge < -0.3 is 0 Å². The number of nitro benzene ring substituents is 1. The lowest BCUT2D eigenvalue weighted by molar-refractivity contribution is -0.387. The minimum absolute atomic E-state index is 0.192. The molecule has 0 atom stereocenters. The Morgan fingerprint density at radius 2 is 1.53 bits per heavy atom. The number of rotatable bonds is 6. The molecule has 0 N–H and O–H groups in total. The maximum atomic E-state index is 10.9. The Morgan fingerprint density at radius 1 is 0.895 bits per heavy atom. The summed E-state index contributed by atoms with van der Waals surface area (Å²) >= 11 is 3.30. The van der Waals surface area contributed by atoms with Crippen molar-refractivity contribution >= 4 is 29.2 Å². The molecule has 0 aliphatic heterocycles. The molecule has 19 heavy (non-hydrogen) atoms. The first-order valence-electron chi connectivity index (χ1n) is 5.81. The third kappa shape index (κ3) is 4.29. The molecule has 0 saturated heterocycles. The molecule has 0 aliphatic carbocycles. The van der Waals surface area contributed by atoms with Crippen molar-refractivity contribution in [2.45, 2.75) is 9.79 Å². The zero-order valence-electron chi connectivity index (χ0n) is 10.2. The number of hydrogen-bond acceptors (Lipinski definition) is 4. The van der Waals surface area contributed by atoms with Crippen molar-refractivity contribution in [1.82, 2.24) is 0 Å². The molecule has 0 amide bonds. The predicted octanol–water partition coefficient (Wildman–Crippen LogP) is 4.48. The van der Waals surface area contributed by atoms with Crippen LogP contribution in [0.15, 0.2) is 64.4 Å². The zero-order chi connectivity index (χ0) is 13.5. The van der Waals surface area contributed by atoms with Crippen molar-refractivity contribution < 1.29 is 4.92 Å². The molecule has 0 radical (unpaired) electrons. The first kappa shape index (κ1) is 14.0. The van der Waals surface area contributed by atoms with E-state index in [1.54, 1.807) is 30.0 Å². The first-order chi connectivity index (χ1) is 9.27. The monoisotopic (exact) mass is 291 g/mol. The largest absolute Gasteiger partial charge is 0.282 e. The van der Waals surface area contributed by atoms with Gasteiger partial charge in [0.1, 0.15) is 0 Å².